The fourth-order valence-electron chi connectivity index (χ4n) is 5.94. The van der Waals surface area contributed by atoms with Gasteiger partial charge in [-0.15, -0.1) is 5.10 Å². The average Bonchev–Trinajstić information content (AvgIpc) is 3.44. The summed E-state index contributed by atoms with van der Waals surface area (Å²) >= 11 is 0. The smallest absolute Gasteiger partial charge is 0.375 e. The monoisotopic (exact) mass is 697 g/mol. The highest BCUT2D eigenvalue weighted by Crippen LogP contribution is 2.43. The SMILES string of the molecule is Cc1cc2c(cc1C(F)F)N(CCOCc1ccccc1)CCCC2N(Cc1cc(C(F)(F)F)cc(C(F)(F)F)c1)c1nnn(CCN)n1. The van der Waals surface area contributed by atoms with E-state index in [4.69, 9.17) is 10.5 Å². The Balaban J connectivity index is 1.56. The minimum absolute atomic E-state index is 0.0643. The molecule has 2 N–H and O–H groups in total. The van der Waals surface area contributed by atoms with Gasteiger partial charge >= 0.3 is 12.4 Å². The summed E-state index contributed by atoms with van der Waals surface area (Å²) in [5.41, 5.74) is 4.45. The van der Waals surface area contributed by atoms with E-state index in [-0.39, 0.29) is 48.4 Å². The topological polar surface area (TPSA) is 85.3 Å². The van der Waals surface area contributed by atoms with E-state index in [1.807, 2.05) is 35.2 Å². The van der Waals surface area contributed by atoms with Crippen molar-refractivity contribution in [2.75, 3.05) is 36.0 Å². The number of alkyl halides is 8. The number of nitrogens with zero attached hydrogens (tertiary/aromatic N) is 6. The minimum Gasteiger partial charge on any atom is -0.375 e. The van der Waals surface area contributed by atoms with Crippen LogP contribution in [-0.4, -0.2) is 46.4 Å². The molecule has 0 fully saturated rings. The number of ether oxygens (including phenoxy) is 1. The number of anilines is 2. The van der Waals surface area contributed by atoms with Crippen LogP contribution in [-0.2, 0) is 36.8 Å². The van der Waals surface area contributed by atoms with E-state index in [0.717, 1.165) is 5.56 Å². The zero-order valence-corrected chi connectivity index (χ0v) is 26.5. The molecule has 3 aromatic carbocycles. The first-order valence-electron chi connectivity index (χ1n) is 15.6. The number of hydrogen-bond donors (Lipinski definition) is 1. The van der Waals surface area contributed by atoms with E-state index in [1.165, 1.54) is 22.7 Å². The zero-order chi connectivity index (χ0) is 35.3. The van der Waals surface area contributed by atoms with Gasteiger partial charge in [0.2, 0.25) is 0 Å². The lowest BCUT2D eigenvalue weighted by Crippen LogP contribution is -2.31. The summed E-state index contributed by atoms with van der Waals surface area (Å²) < 4.78 is 117. The van der Waals surface area contributed by atoms with Crippen LogP contribution < -0.4 is 15.5 Å². The third-order valence-corrected chi connectivity index (χ3v) is 8.28. The molecule has 0 bridgehead atoms. The Bertz CT molecular complexity index is 1660. The second-order valence-corrected chi connectivity index (χ2v) is 11.8. The maximum absolute atomic E-state index is 14.2. The first kappa shape index (κ1) is 36.0. The molecule has 0 saturated carbocycles. The van der Waals surface area contributed by atoms with Crippen molar-refractivity contribution in [2.24, 2.45) is 5.73 Å². The summed E-state index contributed by atoms with van der Waals surface area (Å²) in [5.74, 6) is -0.0643. The second-order valence-electron chi connectivity index (χ2n) is 11.8. The Morgan fingerprint density at radius 3 is 2.27 bits per heavy atom. The molecule has 0 aliphatic carbocycles. The largest absolute Gasteiger partial charge is 0.416 e. The molecule has 49 heavy (non-hydrogen) atoms. The van der Waals surface area contributed by atoms with Gasteiger partial charge in [0, 0.05) is 37.4 Å². The Hall–Kier alpha value is -4.31. The van der Waals surface area contributed by atoms with Crippen LogP contribution in [0.4, 0.5) is 46.8 Å². The van der Waals surface area contributed by atoms with E-state index < -0.39 is 42.5 Å². The van der Waals surface area contributed by atoms with Crippen LogP contribution in [0.2, 0.25) is 0 Å². The summed E-state index contributed by atoms with van der Waals surface area (Å²) in [6.07, 6.45) is -12.1. The molecule has 0 spiro atoms. The van der Waals surface area contributed by atoms with E-state index >= 15 is 0 Å². The quantitative estimate of drug-likeness (QED) is 0.121. The molecule has 1 aliphatic heterocycles. The lowest BCUT2D eigenvalue weighted by Gasteiger charge is -2.33. The average molecular weight is 698 g/mol. The highest BCUT2D eigenvalue weighted by molar-refractivity contribution is 5.62. The van der Waals surface area contributed by atoms with Gasteiger partial charge < -0.3 is 20.3 Å². The van der Waals surface area contributed by atoms with Crippen molar-refractivity contribution in [3.05, 3.63) is 99.6 Å². The van der Waals surface area contributed by atoms with Crippen molar-refractivity contribution < 1.29 is 39.9 Å². The molecule has 0 radical (unpaired) electrons. The molecule has 0 amide bonds. The lowest BCUT2D eigenvalue weighted by atomic mass is 9.94. The molecule has 8 nitrogen and oxygen atoms in total. The molecule has 264 valence electrons. The summed E-state index contributed by atoms with van der Waals surface area (Å²) in [5, 5.41) is 12.4. The molecular formula is C33H35F8N7O. The second kappa shape index (κ2) is 15.1. The van der Waals surface area contributed by atoms with Crippen LogP contribution >= 0.6 is 0 Å². The van der Waals surface area contributed by atoms with Gasteiger partial charge in [-0.3, -0.25) is 0 Å². The molecule has 1 unspecified atom stereocenters. The fraction of sp³-hybridized carbons (Fsp3) is 0.424. The number of hydrogen-bond acceptors (Lipinski definition) is 7. The first-order chi connectivity index (χ1) is 23.2. The Kier molecular flexibility index (Phi) is 11.1. The van der Waals surface area contributed by atoms with Gasteiger partial charge in [-0.1, -0.05) is 41.5 Å². The summed E-state index contributed by atoms with van der Waals surface area (Å²) in [6, 6.07) is 13.1. The third-order valence-electron chi connectivity index (χ3n) is 8.28. The van der Waals surface area contributed by atoms with Crippen LogP contribution in [0.25, 0.3) is 0 Å². The Morgan fingerprint density at radius 2 is 1.63 bits per heavy atom. The van der Waals surface area contributed by atoms with Gasteiger partial charge in [0.25, 0.3) is 12.4 Å². The first-order valence-corrected chi connectivity index (χ1v) is 15.6. The van der Waals surface area contributed by atoms with E-state index in [9.17, 15) is 35.1 Å². The molecule has 1 aromatic heterocycles. The Labute approximate surface area is 277 Å². The van der Waals surface area contributed by atoms with Crippen LogP contribution in [0.5, 0.6) is 0 Å². The normalized spacial score (nSPS) is 15.4. The van der Waals surface area contributed by atoms with Crippen molar-refractivity contribution in [3.8, 4) is 0 Å². The number of benzene rings is 3. The van der Waals surface area contributed by atoms with Crippen LogP contribution in [0.1, 0.15) is 64.3 Å². The van der Waals surface area contributed by atoms with Gasteiger partial charge in [0.05, 0.1) is 36.9 Å². The lowest BCUT2D eigenvalue weighted by molar-refractivity contribution is -0.143. The number of nitrogens with two attached hydrogens (primary N) is 1. The predicted octanol–water partition coefficient (Wildman–Crippen LogP) is 7.48. The highest BCUT2D eigenvalue weighted by Gasteiger charge is 2.38. The number of rotatable bonds is 12. The summed E-state index contributed by atoms with van der Waals surface area (Å²) in [4.78, 5) is 4.56. The molecule has 1 aliphatic rings. The molecule has 2 heterocycles. The maximum Gasteiger partial charge on any atom is 0.416 e. The van der Waals surface area contributed by atoms with Crippen molar-refractivity contribution >= 4 is 11.6 Å². The van der Waals surface area contributed by atoms with Crippen molar-refractivity contribution in [2.45, 2.75) is 64.3 Å². The minimum atomic E-state index is -5.05. The number of fused-ring (bicyclic) bond motifs is 1. The maximum atomic E-state index is 14.2. The molecule has 4 aromatic rings. The summed E-state index contributed by atoms with van der Waals surface area (Å²) in [7, 11) is 0. The summed E-state index contributed by atoms with van der Waals surface area (Å²) in [6.45, 7) is 2.72. The molecule has 5 rings (SSSR count). The Morgan fingerprint density at radius 1 is 0.939 bits per heavy atom. The van der Waals surface area contributed by atoms with Crippen molar-refractivity contribution in [3.63, 3.8) is 0 Å². The van der Waals surface area contributed by atoms with Crippen LogP contribution in [0.15, 0.2) is 60.7 Å². The number of aromatic nitrogens is 4. The van der Waals surface area contributed by atoms with Crippen LogP contribution in [0, 0.1) is 6.92 Å². The van der Waals surface area contributed by atoms with Gasteiger partial charge in [0.1, 0.15) is 0 Å². The molecule has 0 saturated heterocycles. The number of halogens is 8. The van der Waals surface area contributed by atoms with Crippen molar-refractivity contribution in [1.82, 2.24) is 20.2 Å². The van der Waals surface area contributed by atoms with E-state index in [1.54, 1.807) is 6.07 Å². The number of tetrazole rings is 1. The molecule has 16 heteroatoms. The van der Waals surface area contributed by atoms with Gasteiger partial charge in [-0.2, -0.15) is 31.1 Å². The third kappa shape index (κ3) is 8.84. The van der Waals surface area contributed by atoms with Gasteiger partial charge in [0.15, 0.2) is 0 Å². The predicted molar refractivity (Wildman–Crippen MR) is 166 cm³/mol. The standard InChI is InChI=1S/C33H35F8N7O/c1-21-14-27-28(8-5-10-46(29(27)18-26(21)30(34)35)12-13-49-20-22-6-3-2-4-7-22)47(31-43-45-48(44-31)11-9-42)19-23-15-24(32(36,37)38)17-25(16-23)33(39,40)41/h2-4,6-7,14-18,28,30H,5,8-13,19-20,42H2,1H3. The zero-order valence-electron chi connectivity index (χ0n) is 26.5. The van der Waals surface area contributed by atoms with E-state index in [2.05, 4.69) is 15.4 Å². The fourth-order valence-corrected chi connectivity index (χ4v) is 5.94. The highest BCUT2D eigenvalue weighted by atomic mass is 19.4. The number of aryl methyl sites for hydroxylation is 1. The van der Waals surface area contributed by atoms with E-state index in [0.29, 0.717) is 55.9 Å². The van der Waals surface area contributed by atoms with Crippen LogP contribution in [0.3, 0.4) is 0 Å². The molecular weight excluding hydrogens is 662 g/mol. The molecule has 1 atom stereocenters. The van der Waals surface area contributed by atoms with Gasteiger partial charge in [-0.25, -0.2) is 8.78 Å². The van der Waals surface area contributed by atoms with Crippen molar-refractivity contribution in [1.29, 1.82) is 0 Å². The van der Waals surface area contributed by atoms with Gasteiger partial charge in [-0.05, 0) is 71.5 Å².